The van der Waals surface area contributed by atoms with Gasteiger partial charge in [0.15, 0.2) is 0 Å². The quantitative estimate of drug-likeness (QED) is 0.349. The molecule has 0 aromatic carbocycles. The number of ketones is 2. The van der Waals surface area contributed by atoms with Crippen LogP contribution < -0.4 is 0 Å². The van der Waals surface area contributed by atoms with Crippen molar-refractivity contribution in [3.63, 3.8) is 0 Å². The fourth-order valence-electron chi connectivity index (χ4n) is 0.905. The summed E-state index contributed by atoms with van der Waals surface area (Å²) in [6.07, 6.45) is -0.637. The van der Waals surface area contributed by atoms with Crippen molar-refractivity contribution in [3.05, 3.63) is 0 Å². The van der Waals surface area contributed by atoms with E-state index in [9.17, 15) is 24.0 Å². The van der Waals surface area contributed by atoms with E-state index >= 15 is 0 Å². The summed E-state index contributed by atoms with van der Waals surface area (Å²) in [7, 11) is 0. The lowest BCUT2D eigenvalue weighted by molar-refractivity contribution is -0.154. The fourth-order valence-corrected chi connectivity index (χ4v) is 2.12. The molecule has 110 valence electrons. The Labute approximate surface area is 120 Å². The van der Waals surface area contributed by atoms with Crippen LogP contribution >= 0.6 is 0 Å². The van der Waals surface area contributed by atoms with E-state index < -0.39 is 51.0 Å². The van der Waals surface area contributed by atoms with E-state index in [1.54, 1.807) is 0 Å². The van der Waals surface area contributed by atoms with Crippen LogP contribution in [-0.2, 0) is 35.3 Å². The molecular weight excluding hydrogens is 287 g/mol. The number of hydrogen-bond donors (Lipinski definition) is 0. The van der Waals surface area contributed by atoms with Gasteiger partial charge in [-0.25, -0.2) is 4.79 Å². The van der Waals surface area contributed by atoms with Crippen LogP contribution in [0.15, 0.2) is 0 Å². The normalized spacial score (nSPS) is 9.35. The Morgan fingerprint density at radius 1 is 0.850 bits per heavy atom. The number of carbonyl (C=O) groups excluding carboxylic acids is 5. The number of Topliss-reactive ketones (excluding diaryl/α,β-unsaturated/α-hetero) is 2. The third kappa shape index (κ3) is 7.66. The van der Waals surface area contributed by atoms with Gasteiger partial charge < -0.3 is 11.4 Å². The molecule has 8 nitrogen and oxygen atoms in total. The van der Waals surface area contributed by atoms with Crippen LogP contribution in [0.1, 0.15) is 40.0 Å². The van der Waals surface area contributed by atoms with Crippen molar-refractivity contribution in [1.82, 2.24) is 0 Å². The second kappa shape index (κ2) is 9.23. The lowest BCUT2D eigenvalue weighted by atomic mass is 10.2. The van der Waals surface area contributed by atoms with Crippen LogP contribution in [0, 0.1) is 0 Å². The van der Waals surface area contributed by atoms with Gasteiger partial charge in [0.2, 0.25) is 5.78 Å². The highest BCUT2D eigenvalue weighted by Crippen LogP contribution is 2.01. The molecular formula is C11H15AlO8. The summed E-state index contributed by atoms with van der Waals surface area (Å²) in [5.41, 5.74) is 0. The van der Waals surface area contributed by atoms with Crippen LogP contribution in [0.5, 0.6) is 0 Å². The Hall–Kier alpha value is -1.72. The van der Waals surface area contributed by atoms with E-state index in [0.29, 0.717) is 0 Å². The molecule has 0 saturated heterocycles. The molecule has 0 spiro atoms. The molecule has 0 amide bonds. The van der Waals surface area contributed by atoms with Gasteiger partial charge in [-0.05, 0) is 6.92 Å². The molecule has 0 unspecified atom stereocenters. The van der Waals surface area contributed by atoms with E-state index in [1.165, 1.54) is 13.8 Å². The molecule has 0 aromatic heterocycles. The lowest BCUT2D eigenvalue weighted by Crippen LogP contribution is -2.37. The summed E-state index contributed by atoms with van der Waals surface area (Å²) < 4.78 is 13.9. The SMILES string of the molecule is CCC(=O)[O][Al]([O]C(=O)CC)[O]C(=O)C(=O)CC(C)=O. The molecule has 0 aromatic rings. The fraction of sp³-hybridized carbons (Fsp3) is 0.545. The standard InChI is InChI=1S/C5H6O4.2C3H6O2.Al/c1-3(6)2-4(7)5(8)9;2*1-2-3(4)5;/h2H2,1H3,(H,8,9);2*2H2,1H3,(H,4,5);/q;;;+3/p-3. The van der Waals surface area contributed by atoms with Crippen molar-refractivity contribution in [2.75, 3.05) is 0 Å². The van der Waals surface area contributed by atoms with E-state index in [0.717, 1.165) is 6.92 Å². The van der Waals surface area contributed by atoms with Crippen molar-refractivity contribution in [1.29, 1.82) is 0 Å². The summed E-state index contributed by atoms with van der Waals surface area (Å²) in [5.74, 6) is -4.41. The van der Waals surface area contributed by atoms with Crippen molar-refractivity contribution < 1.29 is 35.3 Å². The smallest absolute Gasteiger partial charge is 0.551 e. The molecule has 0 aliphatic rings. The van der Waals surface area contributed by atoms with Gasteiger partial charge >= 0.3 is 21.1 Å². The van der Waals surface area contributed by atoms with Crippen molar-refractivity contribution in [2.24, 2.45) is 0 Å². The number of hydrogen-bond acceptors (Lipinski definition) is 8. The predicted octanol–water partition coefficient (Wildman–Crippen LogP) is -0.0309. The van der Waals surface area contributed by atoms with Gasteiger partial charge in [-0.15, -0.1) is 0 Å². The minimum absolute atomic E-state index is 0.00782. The van der Waals surface area contributed by atoms with Crippen LogP contribution in [0.2, 0.25) is 0 Å². The predicted molar refractivity (Wildman–Crippen MR) is 64.9 cm³/mol. The molecule has 0 N–H and O–H groups in total. The van der Waals surface area contributed by atoms with Gasteiger partial charge in [0.25, 0.3) is 11.9 Å². The van der Waals surface area contributed by atoms with Crippen LogP contribution in [0.25, 0.3) is 0 Å². The van der Waals surface area contributed by atoms with E-state index in [1.807, 2.05) is 0 Å². The van der Waals surface area contributed by atoms with Crippen molar-refractivity contribution in [3.8, 4) is 0 Å². The maximum Gasteiger partial charge on any atom is 1.20 e. The number of rotatable bonds is 8. The molecule has 0 bridgehead atoms. The molecule has 0 radical (unpaired) electrons. The largest absolute Gasteiger partial charge is 1.20 e. The maximum atomic E-state index is 11.4. The summed E-state index contributed by atoms with van der Waals surface area (Å²) in [4.78, 5) is 55.5. The molecule has 0 heterocycles. The van der Waals surface area contributed by atoms with E-state index in [2.05, 4.69) is 11.4 Å². The maximum absolute atomic E-state index is 11.4. The Bertz CT molecular complexity index is 399. The van der Waals surface area contributed by atoms with Crippen molar-refractivity contribution in [2.45, 2.75) is 40.0 Å². The van der Waals surface area contributed by atoms with Gasteiger partial charge in [-0.3, -0.25) is 19.2 Å². The molecule has 0 aliphatic carbocycles. The molecule has 9 heteroatoms. The van der Waals surface area contributed by atoms with Crippen LogP contribution in [0.3, 0.4) is 0 Å². The second-order valence-electron chi connectivity index (χ2n) is 3.68. The summed E-state index contributed by atoms with van der Waals surface area (Å²) >= 11 is -3.42. The van der Waals surface area contributed by atoms with E-state index in [-0.39, 0.29) is 12.8 Å². The van der Waals surface area contributed by atoms with Crippen molar-refractivity contribution >= 4 is 44.6 Å². The monoisotopic (exact) mass is 302 g/mol. The lowest BCUT2D eigenvalue weighted by Gasteiger charge is -2.11. The molecule has 0 fully saturated rings. The number of carbonyl (C=O) groups is 5. The topological polar surface area (TPSA) is 113 Å². The molecule has 0 saturated carbocycles. The molecule has 0 aliphatic heterocycles. The average Bonchev–Trinajstić information content (AvgIpc) is 2.37. The zero-order chi connectivity index (χ0) is 15.7. The minimum atomic E-state index is -3.42. The van der Waals surface area contributed by atoms with Gasteiger partial charge in [0.1, 0.15) is 5.78 Å². The Morgan fingerprint density at radius 3 is 1.65 bits per heavy atom. The van der Waals surface area contributed by atoms with Crippen LogP contribution in [0.4, 0.5) is 0 Å². The summed E-state index contributed by atoms with van der Waals surface area (Å²) in [5, 5.41) is 0. The third-order valence-electron chi connectivity index (χ3n) is 1.87. The third-order valence-corrected chi connectivity index (χ3v) is 3.19. The first-order chi connectivity index (χ1) is 9.29. The Balaban J connectivity index is 4.65. The molecule has 0 atom stereocenters. The van der Waals surface area contributed by atoms with Gasteiger partial charge in [-0.2, -0.15) is 0 Å². The van der Waals surface area contributed by atoms with Crippen LogP contribution in [-0.4, -0.2) is 44.6 Å². The van der Waals surface area contributed by atoms with Gasteiger partial charge in [0.05, 0.1) is 6.42 Å². The molecule has 20 heavy (non-hydrogen) atoms. The molecule has 0 rings (SSSR count). The Morgan fingerprint density at radius 2 is 1.30 bits per heavy atom. The Kier molecular flexibility index (Phi) is 8.44. The first-order valence-electron chi connectivity index (χ1n) is 5.92. The second-order valence-corrected chi connectivity index (χ2v) is 4.97. The summed E-state index contributed by atoms with van der Waals surface area (Å²) in [6, 6.07) is 0. The average molecular weight is 302 g/mol. The van der Waals surface area contributed by atoms with E-state index in [4.69, 9.17) is 0 Å². The first-order valence-corrected chi connectivity index (χ1v) is 7.33. The van der Waals surface area contributed by atoms with Gasteiger partial charge in [-0.1, -0.05) is 13.8 Å². The van der Waals surface area contributed by atoms with Gasteiger partial charge in [0, 0.05) is 12.8 Å². The minimum Gasteiger partial charge on any atom is -0.551 e. The highest BCUT2D eigenvalue weighted by molar-refractivity contribution is 6.50. The zero-order valence-electron chi connectivity index (χ0n) is 11.5. The highest BCUT2D eigenvalue weighted by atomic mass is 27.3. The highest BCUT2D eigenvalue weighted by Gasteiger charge is 2.49. The zero-order valence-corrected chi connectivity index (χ0v) is 12.6. The summed E-state index contributed by atoms with van der Waals surface area (Å²) in [6.45, 7) is 4.13. The first kappa shape index (κ1) is 18.3.